The largest absolute Gasteiger partial charge is 0.300 e. The first-order valence-electron chi connectivity index (χ1n) is 8.85. The van der Waals surface area contributed by atoms with E-state index in [2.05, 4.69) is 26.5 Å². The molecule has 3 saturated carbocycles. The number of carbonyl (C=O) groups is 1. The lowest BCUT2D eigenvalue weighted by Gasteiger charge is -2.55. The minimum atomic E-state index is 0.322. The zero-order valence-corrected chi connectivity index (χ0v) is 13.6. The van der Waals surface area contributed by atoms with Crippen LogP contribution in [0.25, 0.3) is 0 Å². The van der Waals surface area contributed by atoms with Gasteiger partial charge in [0.1, 0.15) is 5.78 Å². The van der Waals surface area contributed by atoms with Gasteiger partial charge in [0.2, 0.25) is 0 Å². The SMILES string of the molecule is C=C1CCC2C3CCC4CC(=O)CCC4(C)C3=CCC12C. The lowest BCUT2D eigenvalue weighted by atomic mass is 9.49. The first-order chi connectivity index (χ1) is 9.95. The molecule has 4 aliphatic rings. The Labute approximate surface area is 128 Å². The molecule has 1 heteroatoms. The number of fused-ring (bicyclic) bond motifs is 5. The summed E-state index contributed by atoms with van der Waals surface area (Å²) in [6.07, 6.45) is 11.7. The van der Waals surface area contributed by atoms with Crippen LogP contribution < -0.4 is 0 Å². The zero-order chi connectivity index (χ0) is 14.8. The molecule has 0 aliphatic heterocycles. The van der Waals surface area contributed by atoms with Crippen molar-refractivity contribution in [1.82, 2.24) is 0 Å². The topological polar surface area (TPSA) is 17.1 Å². The molecule has 0 N–H and O–H groups in total. The Balaban J connectivity index is 1.72. The highest BCUT2D eigenvalue weighted by molar-refractivity contribution is 5.80. The predicted molar refractivity (Wildman–Crippen MR) is 85.9 cm³/mol. The Morgan fingerprint density at radius 3 is 2.76 bits per heavy atom. The number of rotatable bonds is 0. The molecular formula is C20H28O. The van der Waals surface area contributed by atoms with Crippen molar-refractivity contribution in [3.05, 3.63) is 23.8 Å². The number of carbonyl (C=O) groups excluding carboxylic acids is 1. The molecule has 4 rings (SSSR count). The van der Waals surface area contributed by atoms with Crippen LogP contribution in [0, 0.1) is 28.6 Å². The average molecular weight is 284 g/mol. The summed E-state index contributed by atoms with van der Waals surface area (Å²) in [5.74, 6) is 2.72. The molecule has 21 heavy (non-hydrogen) atoms. The highest BCUT2D eigenvalue weighted by Gasteiger charge is 2.55. The molecule has 0 spiro atoms. The van der Waals surface area contributed by atoms with Crippen LogP contribution in [0.3, 0.4) is 0 Å². The number of hydrogen-bond donors (Lipinski definition) is 0. The van der Waals surface area contributed by atoms with Crippen LogP contribution in [-0.2, 0) is 4.79 Å². The monoisotopic (exact) mass is 284 g/mol. The summed E-state index contributed by atoms with van der Waals surface area (Å²) >= 11 is 0. The van der Waals surface area contributed by atoms with Gasteiger partial charge >= 0.3 is 0 Å². The Hall–Kier alpha value is -0.850. The average Bonchev–Trinajstić information content (AvgIpc) is 2.76. The predicted octanol–water partition coefficient (Wildman–Crippen LogP) is 5.07. The van der Waals surface area contributed by atoms with E-state index in [0.29, 0.717) is 22.5 Å². The van der Waals surface area contributed by atoms with Crippen LogP contribution in [0.1, 0.15) is 65.2 Å². The molecule has 0 radical (unpaired) electrons. The third-order valence-corrected chi connectivity index (χ3v) is 7.80. The van der Waals surface area contributed by atoms with Crippen molar-refractivity contribution >= 4 is 5.78 Å². The van der Waals surface area contributed by atoms with Gasteiger partial charge in [-0.1, -0.05) is 37.6 Å². The molecule has 5 atom stereocenters. The minimum Gasteiger partial charge on any atom is -0.300 e. The zero-order valence-electron chi connectivity index (χ0n) is 13.6. The number of allylic oxidation sites excluding steroid dienone is 3. The summed E-state index contributed by atoms with van der Waals surface area (Å²) < 4.78 is 0. The van der Waals surface area contributed by atoms with Gasteiger partial charge in [0, 0.05) is 12.8 Å². The van der Waals surface area contributed by atoms with E-state index in [9.17, 15) is 4.79 Å². The summed E-state index contributed by atoms with van der Waals surface area (Å²) in [5.41, 5.74) is 3.92. The maximum atomic E-state index is 11.9. The maximum Gasteiger partial charge on any atom is 0.133 e. The molecule has 0 heterocycles. The molecule has 0 saturated heterocycles. The van der Waals surface area contributed by atoms with E-state index in [1.807, 2.05) is 0 Å². The van der Waals surface area contributed by atoms with Gasteiger partial charge in [0.25, 0.3) is 0 Å². The fourth-order valence-electron chi connectivity index (χ4n) is 6.23. The van der Waals surface area contributed by atoms with Crippen molar-refractivity contribution < 1.29 is 4.79 Å². The molecule has 0 aromatic carbocycles. The molecule has 0 amide bonds. The Morgan fingerprint density at radius 1 is 1.14 bits per heavy atom. The van der Waals surface area contributed by atoms with E-state index < -0.39 is 0 Å². The lowest BCUT2D eigenvalue weighted by Crippen LogP contribution is -2.47. The molecule has 0 aromatic rings. The molecule has 0 aromatic heterocycles. The highest BCUT2D eigenvalue weighted by atomic mass is 16.1. The van der Waals surface area contributed by atoms with Crippen molar-refractivity contribution in [2.24, 2.45) is 28.6 Å². The molecule has 0 bridgehead atoms. The quantitative estimate of drug-likeness (QED) is 0.567. The van der Waals surface area contributed by atoms with Crippen LogP contribution >= 0.6 is 0 Å². The van der Waals surface area contributed by atoms with Gasteiger partial charge in [0.05, 0.1) is 0 Å². The lowest BCUT2D eigenvalue weighted by molar-refractivity contribution is -0.125. The smallest absolute Gasteiger partial charge is 0.133 e. The Bertz CT molecular complexity index is 542. The normalized spacial score (nSPS) is 49.2. The van der Waals surface area contributed by atoms with Crippen LogP contribution in [0.5, 0.6) is 0 Å². The van der Waals surface area contributed by atoms with E-state index in [4.69, 9.17) is 0 Å². The van der Waals surface area contributed by atoms with E-state index in [-0.39, 0.29) is 0 Å². The Morgan fingerprint density at radius 2 is 1.95 bits per heavy atom. The first kappa shape index (κ1) is 13.8. The van der Waals surface area contributed by atoms with Crippen LogP contribution in [-0.4, -0.2) is 5.78 Å². The van der Waals surface area contributed by atoms with Crippen molar-refractivity contribution in [3.63, 3.8) is 0 Å². The summed E-state index contributed by atoms with van der Waals surface area (Å²) in [5, 5.41) is 0. The highest BCUT2D eigenvalue weighted by Crippen LogP contribution is 2.64. The fourth-order valence-corrected chi connectivity index (χ4v) is 6.23. The molecule has 5 unspecified atom stereocenters. The maximum absolute atomic E-state index is 11.9. The fraction of sp³-hybridized carbons (Fsp3) is 0.750. The van der Waals surface area contributed by atoms with Crippen molar-refractivity contribution in [1.29, 1.82) is 0 Å². The van der Waals surface area contributed by atoms with Crippen LogP contribution in [0.4, 0.5) is 0 Å². The van der Waals surface area contributed by atoms with Gasteiger partial charge in [-0.15, -0.1) is 0 Å². The number of Topliss-reactive ketones (excluding diaryl/α,β-unsaturated/α-hetero) is 1. The van der Waals surface area contributed by atoms with Gasteiger partial charge in [-0.2, -0.15) is 0 Å². The minimum absolute atomic E-state index is 0.322. The van der Waals surface area contributed by atoms with Crippen LogP contribution in [0.2, 0.25) is 0 Å². The van der Waals surface area contributed by atoms with E-state index in [1.54, 1.807) is 5.57 Å². The van der Waals surface area contributed by atoms with Gasteiger partial charge in [0.15, 0.2) is 0 Å². The standard InChI is InChI=1S/C20H28O/c1-13-4-7-17-16-6-5-14-12-15(21)8-10-20(14,3)18(16)9-11-19(13,17)2/h9,14,16-17H,1,4-8,10-12H2,2-3H3. The second-order valence-corrected chi connectivity index (χ2v) is 8.57. The third-order valence-electron chi connectivity index (χ3n) is 7.80. The van der Waals surface area contributed by atoms with Crippen LogP contribution in [0.15, 0.2) is 23.8 Å². The molecule has 3 fully saturated rings. The second kappa shape index (κ2) is 4.33. The summed E-state index contributed by atoms with van der Waals surface area (Å²) in [7, 11) is 0. The van der Waals surface area contributed by atoms with E-state index in [0.717, 1.165) is 31.1 Å². The van der Waals surface area contributed by atoms with Crippen molar-refractivity contribution in [2.45, 2.75) is 65.2 Å². The van der Waals surface area contributed by atoms with Gasteiger partial charge in [-0.05, 0) is 67.1 Å². The number of hydrogen-bond acceptors (Lipinski definition) is 1. The van der Waals surface area contributed by atoms with Crippen molar-refractivity contribution in [3.8, 4) is 0 Å². The van der Waals surface area contributed by atoms with E-state index in [1.165, 1.54) is 37.7 Å². The molecular weight excluding hydrogens is 256 g/mol. The van der Waals surface area contributed by atoms with E-state index >= 15 is 0 Å². The summed E-state index contributed by atoms with van der Waals surface area (Å²) in [6.45, 7) is 9.31. The molecule has 114 valence electrons. The Kier molecular flexibility index (Phi) is 2.85. The number of ketones is 1. The molecule has 1 nitrogen and oxygen atoms in total. The second-order valence-electron chi connectivity index (χ2n) is 8.57. The summed E-state index contributed by atoms with van der Waals surface area (Å²) in [4.78, 5) is 11.9. The first-order valence-corrected chi connectivity index (χ1v) is 8.85. The van der Waals surface area contributed by atoms with Gasteiger partial charge in [-0.25, -0.2) is 0 Å². The van der Waals surface area contributed by atoms with Crippen molar-refractivity contribution in [2.75, 3.05) is 0 Å². The third kappa shape index (κ3) is 1.72. The summed E-state index contributed by atoms with van der Waals surface area (Å²) in [6, 6.07) is 0. The van der Waals surface area contributed by atoms with Gasteiger partial charge < -0.3 is 0 Å². The molecule has 4 aliphatic carbocycles. The van der Waals surface area contributed by atoms with Gasteiger partial charge in [-0.3, -0.25) is 4.79 Å².